The molecule has 0 spiro atoms. The minimum Gasteiger partial charge on any atom is -0.0886 e. The molecule has 2 atom stereocenters. The van der Waals surface area contributed by atoms with Gasteiger partial charge in [-0.2, -0.15) is 0 Å². The Bertz CT molecular complexity index is 133. The first-order valence-corrected chi connectivity index (χ1v) is 6.69. The van der Waals surface area contributed by atoms with E-state index in [2.05, 4.69) is 29.8 Å². The van der Waals surface area contributed by atoms with Crippen molar-refractivity contribution in [1.82, 2.24) is 0 Å². The van der Waals surface area contributed by atoms with Crippen LogP contribution in [-0.4, -0.2) is 8.62 Å². The van der Waals surface area contributed by atoms with Gasteiger partial charge in [0.2, 0.25) is 0 Å². The van der Waals surface area contributed by atoms with Crippen LogP contribution in [0.4, 0.5) is 0 Å². The second-order valence-electron chi connectivity index (χ2n) is 3.24. The standard InChI is InChI=1S/C9H16BrCl3/c1-3-5-7(9(11,12)13)8(10)6-4-2/h7-8H,3-6H2,1-2H3. The number of alkyl halides is 4. The number of rotatable bonds is 5. The molecule has 0 nitrogen and oxygen atoms in total. The SMILES string of the molecule is CCCC(Br)C(CCC)C(Cl)(Cl)Cl. The van der Waals surface area contributed by atoms with Gasteiger partial charge in [-0.3, -0.25) is 0 Å². The normalized spacial score (nSPS) is 17.1. The van der Waals surface area contributed by atoms with E-state index in [1.165, 1.54) is 0 Å². The van der Waals surface area contributed by atoms with Gasteiger partial charge in [0, 0.05) is 10.7 Å². The highest BCUT2D eigenvalue weighted by Crippen LogP contribution is 2.42. The lowest BCUT2D eigenvalue weighted by atomic mass is 9.98. The molecule has 4 heteroatoms. The van der Waals surface area contributed by atoms with Crippen molar-refractivity contribution in [1.29, 1.82) is 0 Å². The molecular weight excluding hydrogens is 294 g/mol. The molecule has 0 rings (SSSR count). The smallest absolute Gasteiger partial charge is 0.0886 e. The van der Waals surface area contributed by atoms with E-state index in [0.29, 0.717) is 4.83 Å². The zero-order chi connectivity index (χ0) is 10.5. The summed E-state index contributed by atoms with van der Waals surface area (Å²) in [6.45, 7) is 4.24. The van der Waals surface area contributed by atoms with Crippen LogP contribution in [0.25, 0.3) is 0 Å². The third kappa shape index (κ3) is 5.71. The third-order valence-electron chi connectivity index (χ3n) is 2.02. The molecule has 0 N–H and O–H groups in total. The Balaban J connectivity index is 4.23. The molecule has 0 amide bonds. The van der Waals surface area contributed by atoms with Crippen LogP contribution in [-0.2, 0) is 0 Å². The minimum atomic E-state index is -1.14. The van der Waals surface area contributed by atoms with Crippen LogP contribution in [0.3, 0.4) is 0 Å². The largest absolute Gasteiger partial charge is 0.194 e. The topological polar surface area (TPSA) is 0 Å². The van der Waals surface area contributed by atoms with Crippen molar-refractivity contribution in [3.63, 3.8) is 0 Å². The molecule has 0 saturated heterocycles. The summed E-state index contributed by atoms with van der Waals surface area (Å²) in [5, 5.41) is 0. The molecule has 0 radical (unpaired) electrons. The molecule has 2 unspecified atom stereocenters. The van der Waals surface area contributed by atoms with Crippen LogP contribution < -0.4 is 0 Å². The van der Waals surface area contributed by atoms with E-state index in [4.69, 9.17) is 34.8 Å². The Morgan fingerprint density at radius 3 is 1.85 bits per heavy atom. The third-order valence-corrected chi connectivity index (χ3v) is 3.96. The van der Waals surface area contributed by atoms with Crippen molar-refractivity contribution >= 4 is 50.7 Å². The van der Waals surface area contributed by atoms with Gasteiger partial charge in [0.25, 0.3) is 0 Å². The first-order valence-electron chi connectivity index (χ1n) is 4.64. The number of halogens is 4. The Labute approximate surface area is 104 Å². The highest BCUT2D eigenvalue weighted by Gasteiger charge is 2.36. The molecule has 0 aliphatic heterocycles. The first kappa shape index (κ1) is 14.3. The van der Waals surface area contributed by atoms with E-state index >= 15 is 0 Å². The molecule has 0 saturated carbocycles. The van der Waals surface area contributed by atoms with E-state index in [-0.39, 0.29) is 5.92 Å². The van der Waals surface area contributed by atoms with E-state index in [0.717, 1.165) is 25.7 Å². The average molecular weight is 310 g/mol. The summed E-state index contributed by atoms with van der Waals surface area (Å²) in [6, 6.07) is 0. The van der Waals surface area contributed by atoms with Gasteiger partial charge in [-0.15, -0.1) is 0 Å². The molecule has 0 fully saturated rings. The van der Waals surface area contributed by atoms with Crippen LogP contribution in [0.1, 0.15) is 39.5 Å². The van der Waals surface area contributed by atoms with Crippen molar-refractivity contribution < 1.29 is 0 Å². The highest BCUT2D eigenvalue weighted by molar-refractivity contribution is 9.09. The van der Waals surface area contributed by atoms with Gasteiger partial charge >= 0.3 is 0 Å². The number of hydrogen-bond acceptors (Lipinski definition) is 0. The minimum absolute atomic E-state index is 0.113. The zero-order valence-electron chi connectivity index (χ0n) is 7.99. The monoisotopic (exact) mass is 308 g/mol. The van der Waals surface area contributed by atoms with Gasteiger partial charge in [0.15, 0.2) is 3.79 Å². The van der Waals surface area contributed by atoms with Gasteiger partial charge in [-0.1, -0.05) is 77.4 Å². The summed E-state index contributed by atoms with van der Waals surface area (Å²) in [4.78, 5) is 0.310. The summed E-state index contributed by atoms with van der Waals surface area (Å²) in [6.07, 6.45) is 4.16. The van der Waals surface area contributed by atoms with Crippen molar-refractivity contribution in [2.24, 2.45) is 5.92 Å². The molecule has 0 heterocycles. The van der Waals surface area contributed by atoms with Crippen LogP contribution in [0.15, 0.2) is 0 Å². The average Bonchev–Trinajstić information content (AvgIpc) is 1.98. The summed E-state index contributed by atoms with van der Waals surface area (Å²) < 4.78 is -1.14. The summed E-state index contributed by atoms with van der Waals surface area (Å²) in [7, 11) is 0. The predicted molar refractivity (Wildman–Crippen MR) is 66.3 cm³/mol. The molecule has 0 aromatic rings. The molecule has 0 aromatic heterocycles. The van der Waals surface area contributed by atoms with Crippen molar-refractivity contribution in [2.45, 2.75) is 48.2 Å². The van der Waals surface area contributed by atoms with Crippen LogP contribution in [0.5, 0.6) is 0 Å². The second kappa shape index (κ2) is 6.76. The van der Waals surface area contributed by atoms with Gasteiger partial charge < -0.3 is 0 Å². The molecule has 0 aromatic carbocycles. The van der Waals surface area contributed by atoms with Gasteiger partial charge in [-0.25, -0.2) is 0 Å². The lowest BCUT2D eigenvalue weighted by molar-refractivity contribution is 0.454. The number of hydrogen-bond donors (Lipinski definition) is 0. The highest BCUT2D eigenvalue weighted by atomic mass is 79.9. The van der Waals surface area contributed by atoms with Crippen LogP contribution in [0, 0.1) is 5.92 Å². The lowest BCUT2D eigenvalue weighted by Crippen LogP contribution is -2.28. The Hall–Kier alpha value is 1.35. The lowest BCUT2D eigenvalue weighted by Gasteiger charge is -2.28. The summed E-state index contributed by atoms with van der Waals surface area (Å²) >= 11 is 21.3. The van der Waals surface area contributed by atoms with E-state index in [9.17, 15) is 0 Å². The van der Waals surface area contributed by atoms with Gasteiger partial charge in [0.05, 0.1) is 0 Å². The fourth-order valence-corrected chi connectivity index (χ4v) is 3.70. The first-order chi connectivity index (χ1) is 5.93. The van der Waals surface area contributed by atoms with Crippen molar-refractivity contribution in [3.05, 3.63) is 0 Å². The van der Waals surface area contributed by atoms with E-state index in [1.807, 2.05) is 0 Å². The van der Waals surface area contributed by atoms with Crippen LogP contribution in [0.2, 0.25) is 0 Å². The molecule has 0 aliphatic carbocycles. The van der Waals surface area contributed by atoms with E-state index in [1.54, 1.807) is 0 Å². The fourth-order valence-electron chi connectivity index (χ4n) is 1.34. The van der Waals surface area contributed by atoms with Crippen LogP contribution >= 0.6 is 50.7 Å². The molecule has 13 heavy (non-hydrogen) atoms. The maximum absolute atomic E-state index is 5.91. The molecule has 80 valence electrons. The molecular formula is C9H16BrCl3. The Morgan fingerprint density at radius 1 is 1.08 bits per heavy atom. The Kier molecular flexibility index (Phi) is 7.47. The Morgan fingerprint density at radius 2 is 1.54 bits per heavy atom. The maximum atomic E-state index is 5.91. The zero-order valence-corrected chi connectivity index (χ0v) is 11.8. The van der Waals surface area contributed by atoms with Gasteiger partial charge in [0.1, 0.15) is 0 Å². The second-order valence-corrected chi connectivity index (χ2v) is 6.79. The predicted octanol–water partition coefficient (Wildman–Crippen LogP) is 5.34. The summed E-state index contributed by atoms with van der Waals surface area (Å²) in [5.74, 6) is 0.113. The van der Waals surface area contributed by atoms with Crippen molar-refractivity contribution in [3.8, 4) is 0 Å². The quantitative estimate of drug-likeness (QED) is 0.602. The maximum Gasteiger partial charge on any atom is 0.194 e. The molecule has 0 bridgehead atoms. The van der Waals surface area contributed by atoms with E-state index < -0.39 is 3.79 Å². The van der Waals surface area contributed by atoms with Gasteiger partial charge in [-0.05, 0) is 12.8 Å². The summed E-state index contributed by atoms with van der Waals surface area (Å²) in [5.41, 5.74) is 0. The molecule has 0 aliphatic rings. The fraction of sp³-hybridized carbons (Fsp3) is 1.00. The van der Waals surface area contributed by atoms with Crippen molar-refractivity contribution in [2.75, 3.05) is 0 Å².